The molecule has 2 rings (SSSR count). The maximum absolute atomic E-state index is 11.5. The number of rotatable bonds is 1. The number of nitrogens with zero attached hydrogens (tertiary/aromatic N) is 1. The highest BCUT2D eigenvalue weighted by Crippen LogP contribution is 2.28. The van der Waals surface area contributed by atoms with Crippen LogP contribution in [0.5, 0.6) is 0 Å². The molecular weight excluding hydrogens is 194 g/mol. The Labute approximate surface area is 88.9 Å². The number of imide groups is 1. The van der Waals surface area contributed by atoms with Gasteiger partial charge in [-0.15, -0.1) is 0 Å². The van der Waals surface area contributed by atoms with Crippen LogP contribution in [0.15, 0.2) is 12.2 Å². The van der Waals surface area contributed by atoms with Crippen LogP contribution in [0, 0.1) is 0 Å². The minimum atomic E-state index is -0.244. The summed E-state index contributed by atoms with van der Waals surface area (Å²) >= 11 is 0. The van der Waals surface area contributed by atoms with Gasteiger partial charge in [0.05, 0.1) is 5.60 Å². The number of carbonyl (C=O) groups is 2. The van der Waals surface area contributed by atoms with Gasteiger partial charge in [-0.2, -0.15) is 0 Å². The van der Waals surface area contributed by atoms with Crippen molar-refractivity contribution in [2.45, 2.75) is 38.3 Å². The molecule has 0 aliphatic carbocycles. The van der Waals surface area contributed by atoms with Gasteiger partial charge >= 0.3 is 0 Å². The quantitative estimate of drug-likeness (QED) is 0.602. The first kappa shape index (κ1) is 10.4. The fourth-order valence-corrected chi connectivity index (χ4v) is 2.19. The van der Waals surface area contributed by atoms with Gasteiger partial charge in [0, 0.05) is 24.8 Å². The van der Waals surface area contributed by atoms with E-state index in [9.17, 15) is 9.59 Å². The molecule has 0 spiro atoms. The lowest BCUT2D eigenvalue weighted by Crippen LogP contribution is -2.48. The van der Waals surface area contributed by atoms with Gasteiger partial charge < -0.3 is 4.74 Å². The smallest absolute Gasteiger partial charge is 0.253 e. The monoisotopic (exact) mass is 209 g/mol. The van der Waals surface area contributed by atoms with Crippen molar-refractivity contribution in [1.29, 1.82) is 0 Å². The zero-order valence-corrected chi connectivity index (χ0v) is 9.03. The van der Waals surface area contributed by atoms with Crippen LogP contribution in [0.3, 0.4) is 0 Å². The van der Waals surface area contributed by atoms with Gasteiger partial charge in [-0.05, 0) is 26.7 Å². The lowest BCUT2D eigenvalue weighted by molar-refractivity contribution is -0.146. The number of amides is 2. The van der Waals surface area contributed by atoms with E-state index in [0.717, 1.165) is 6.42 Å². The van der Waals surface area contributed by atoms with Crippen molar-refractivity contribution in [2.75, 3.05) is 6.61 Å². The van der Waals surface area contributed by atoms with Crippen LogP contribution in [-0.2, 0) is 14.3 Å². The molecule has 1 saturated heterocycles. The zero-order valence-electron chi connectivity index (χ0n) is 9.03. The number of carbonyl (C=O) groups excluding carboxylic acids is 2. The van der Waals surface area contributed by atoms with Crippen LogP contribution in [0.1, 0.15) is 26.7 Å². The zero-order chi connectivity index (χ0) is 11.1. The summed E-state index contributed by atoms with van der Waals surface area (Å²) in [5.74, 6) is -0.384. The number of ether oxygens (including phenoxy) is 1. The lowest BCUT2D eigenvalue weighted by atomic mass is 9.93. The van der Waals surface area contributed by atoms with Crippen LogP contribution < -0.4 is 0 Å². The Balaban J connectivity index is 2.11. The normalized spacial score (nSPS) is 30.0. The third-order valence-corrected chi connectivity index (χ3v) is 2.88. The van der Waals surface area contributed by atoms with E-state index in [4.69, 9.17) is 4.74 Å². The molecule has 0 aromatic heterocycles. The van der Waals surface area contributed by atoms with Crippen molar-refractivity contribution in [3.8, 4) is 0 Å². The SMILES string of the molecule is CC1(C)CC(N2C(=O)C=CC2=O)CCO1. The second-order valence-electron chi connectivity index (χ2n) is 4.63. The molecule has 1 fully saturated rings. The van der Waals surface area contributed by atoms with Gasteiger partial charge in [0.15, 0.2) is 0 Å². The van der Waals surface area contributed by atoms with Crippen LogP contribution in [-0.4, -0.2) is 35.0 Å². The Morgan fingerprint density at radius 2 is 1.93 bits per heavy atom. The average molecular weight is 209 g/mol. The van der Waals surface area contributed by atoms with E-state index in [1.807, 2.05) is 13.8 Å². The Kier molecular flexibility index (Phi) is 2.38. The van der Waals surface area contributed by atoms with Crippen LogP contribution in [0.2, 0.25) is 0 Å². The van der Waals surface area contributed by atoms with E-state index in [0.29, 0.717) is 13.0 Å². The minimum Gasteiger partial charge on any atom is -0.375 e. The van der Waals surface area contributed by atoms with Gasteiger partial charge in [-0.25, -0.2) is 0 Å². The van der Waals surface area contributed by atoms with E-state index in [1.165, 1.54) is 17.1 Å². The predicted molar refractivity (Wildman–Crippen MR) is 54.0 cm³/mol. The summed E-state index contributed by atoms with van der Waals surface area (Å²) in [4.78, 5) is 24.3. The summed E-state index contributed by atoms with van der Waals surface area (Å²) in [5.41, 5.74) is -0.244. The van der Waals surface area contributed by atoms with Gasteiger partial charge in [0.25, 0.3) is 11.8 Å². The topological polar surface area (TPSA) is 46.6 Å². The molecule has 0 bridgehead atoms. The molecule has 0 aromatic carbocycles. The van der Waals surface area contributed by atoms with E-state index >= 15 is 0 Å². The molecule has 0 saturated carbocycles. The second-order valence-corrected chi connectivity index (χ2v) is 4.63. The van der Waals surface area contributed by atoms with Crippen LogP contribution in [0.25, 0.3) is 0 Å². The summed E-state index contributed by atoms with van der Waals surface area (Å²) in [6, 6.07) is -0.0104. The Hall–Kier alpha value is -1.16. The lowest BCUT2D eigenvalue weighted by Gasteiger charge is -2.38. The largest absolute Gasteiger partial charge is 0.375 e. The molecule has 2 aliphatic heterocycles. The Morgan fingerprint density at radius 3 is 2.47 bits per heavy atom. The maximum atomic E-state index is 11.5. The van der Waals surface area contributed by atoms with Crippen LogP contribution in [0.4, 0.5) is 0 Å². The molecule has 82 valence electrons. The standard InChI is InChI=1S/C11H15NO3/c1-11(2)7-8(5-6-15-11)12-9(13)3-4-10(12)14/h3-4,8H,5-7H2,1-2H3. The van der Waals surface area contributed by atoms with Crippen molar-refractivity contribution in [3.63, 3.8) is 0 Å². The first-order valence-electron chi connectivity index (χ1n) is 5.19. The molecule has 2 heterocycles. The molecule has 15 heavy (non-hydrogen) atoms. The Morgan fingerprint density at radius 1 is 1.33 bits per heavy atom. The molecule has 4 heteroatoms. The number of hydrogen-bond donors (Lipinski definition) is 0. The van der Waals surface area contributed by atoms with Gasteiger partial charge in [-0.1, -0.05) is 0 Å². The van der Waals surface area contributed by atoms with E-state index in [-0.39, 0.29) is 23.5 Å². The molecule has 1 atom stereocenters. The van der Waals surface area contributed by atoms with E-state index in [1.54, 1.807) is 0 Å². The first-order chi connectivity index (χ1) is 6.99. The van der Waals surface area contributed by atoms with Crippen molar-refractivity contribution in [2.24, 2.45) is 0 Å². The second kappa shape index (κ2) is 3.45. The predicted octanol–water partition coefficient (Wildman–Crippen LogP) is 0.869. The van der Waals surface area contributed by atoms with Crippen molar-refractivity contribution in [1.82, 2.24) is 4.90 Å². The summed E-state index contributed by atoms with van der Waals surface area (Å²) in [7, 11) is 0. The molecule has 0 N–H and O–H groups in total. The third-order valence-electron chi connectivity index (χ3n) is 2.88. The average Bonchev–Trinajstić information content (AvgIpc) is 2.44. The Bertz CT molecular complexity index is 315. The van der Waals surface area contributed by atoms with Crippen molar-refractivity contribution < 1.29 is 14.3 Å². The van der Waals surface area contributed by atoms with Gasteiger partial charge in [0.2, 0.25) is 0 Å². The van der Waals surface area contributed by atoms with Crippen molar-refractivity contribution in [3.05, 3.63) is 12.2 Å². The first-order valence-corrected chi connectivity index (χ1v) is 5.19. The fraction of sp³-hybridized carbons (Fsp3) is 0.636. The molecule has 4 nitrogen and oxygen atoms in total. The molecular formula is C11H15NO3. The van der Waals surface area contributed by atoms with Gasteiger partial charge in [-0.3, -0.25) is 14.5 Å². The summed E-state index contributed by atoms with van der Waals surface area (Å²) in [6.07, 6.45) is 4.13. The fourth-order valence-electron chi connectivity index (χ4n) is 2.19. The third kappa shape index (κ3) is 1.95. The number of hydrogen-bond acceptors (Lipinski definition) is 3. The highest BCUT2D eigenvalue weighted by Gasteiger charge is 2.37. The molecule has 2 aliphatic rings. The highest BCUT2D eigenvalue weighted by atomic mass is 16.5. The van der Waals surface area contributed by atoms with Crippen LogP contribution >= 0.6 is 0 Å². The molecule has 2 amide bonds. The molecule has 1 unspecified atom stereocenters. The molecule has 0 radical (unpaired) electrons. The minimum absolute atomic E-state index is 0.0104. The van der Waals surface area contributed by atoms with Gasteiger partial charge in [0.1, 0.15) is 0 Å². The summed E-state index contributed by atoms with van der Waals surface area (Å²) in [5, 5.41) is 0. The summed E-state index contributed by atoms with van der Waals surface area (Å²) in [6.45, 7) is 4.57. The summed E-state index contributed by atoms with van der Waals surface area (Å²) < 4.78 is 5.56. The van der Waals surface area contributed by atoms with E-state index < -0.39 is 0 Å². The molecule has 0 aromatic rings. The van der Waals surface area contributed by atoms with E-state index in [2.05, 4.69) is 0 Å². The highest BCUT2D eigenvalue weighted by molar-refractivity contribution is 6.13. The maximum Gasteiger partial charge on any atom is 0.253 e. The van der Waals surface area contributed by atoms with Crippen molar-refractivity contribution >= 4 is 11.8 Å².